The van der Waals surface area contributed by atoms with Gasteiger partial charge in [-0.25, -0.2) is 0 Å². The molecule has 0 aliphatic heterocycles. The highest BCUT2D eigenvalue weighted by Gasteiger charge is 2.24. The van der Waals surface area contributed by atoms with Gasteiger partial charge in [-0.3, -0.25) is 0 Å². The van der Waals surface area contributed by atoms with E-state index in [1.165, 1.54) is 43.5 Å². The minimum Gasteiger partial charge on any atom is -0.381 e. The van der Waals surface area contributed by atoms with Crippen molar-refractivity contribution in [3.8, 4) is 0 Å². The first-order valence-electron chi connectivity index (χ1n) is 7.51. The third-order valence-corrected chi connectivity index (χ3v) is 4.32. The van der Waals surface area contributed by atoms with Crippen molar-refractivity contribution >= 4 is 11.4 Å². The zero-order valence-electron chi connectivity index (χ0n) is 12.9. The quantitative estimate of drug-likeness (QED) is 0.804. The topological polar surface area (TPSA) is 15.3 Å². The highest BCUT2D eigenvalue weighted by Crippen LogP contribution is 2.35. The Hall–Kier alpha value is -1.18. The fourth-order valence-electron chi connectivity index (χ4n) is 3.01. The molecule has 1 unspecified atom stereocenters. The molecule has 1 aliphatic carbocycles. The van der Waals surface area contributed by atoms with Crippen molar-refractivity contribution in [1.29, 1.82) is 0 Å². The molecule has 0 heterocycles. The molecular weight excluding hydrogens is 232 g/mol. The van der Waals surface area contributed by atoms with E-state index in [4.69, 9.17) is 0 Å². The lowest BCUT2D eigenvalue weighted by Crippen LogP contribution is -2.21. The lowest BCUT2D eigenvalue weighted by Gasteiger charge is -2.24. The maximum absolute atomic E-state index is 3.77. The van der Waals surface area contributed by atoms with E-state index in [1.54, 1.807) is 0 Å². The van der Waals surface area contributed by atoms with Crippen molar-refractivity contribution in [2.24, 2.45) is 5.41 Å². The molecule has 0 saturated heterocycles. The van der Waals surface area contributed by atoms with Gasteiger partial charge in [0.15, 0.2) is 0 Å². The standard InChI is InChI=1S/C17H28N2/c1-17(2)12-7-8-14(11-13-17)18-15-9-5-6-10-16(15)19(3)4/h5-6,9-10,14,18H,7-8,11-13H2,1-4H3. The van der Waals surface area contributed by atoms with E-state index >= 15 is 0 Å². The molecule has 1 N–H and O–H groups in total. The van der Waals surface area contributed by atoms with Gasteiger partial charge in [-0.2, -0.15) is 0 Å². The van der Waals surface area contributed by atoms with Gasteiger partial charge in [-0.1, -0.05) is 32.4 Å². The number of rotatable bonds is 3. The molecule has 1 atom stereocenters. The average Bonchev–Trinajstić information content (AvgIpc) is 2.51. The smallest absolute Gasteiger partial charge is 0.0596 e. The molecule has 1 saturated carbocycles. The van der Waals surface area contributed by atoms with Gasteiger partial charge in [-0.15, -0.1) is 0 Å². The van der Waals surface area contributed by atoms with Crippen LogP contribution in [0.25, 0.3) is 0 Å². The molecule has 19 heavy (non-hydrogen) atoms. The number of hydrogen-bond donors (Lipinski definition) is 1. The summed E-state index contributed by atoms with van der Waals surface area (Å²) in [4.78, 5) is 2.18. The summed E-state index contributed by atoms with van der Waals surface area (Å²) in [5.74, 6) is 0. The fraction of sp³-hybridized carbons (Fsp3) is 0.647. The van der Waals surface area contributed by atoms with Gasteiger partial charge in [0.25, 0.3) is 0 Å². The molecule has 106 valence electrons. The van der Waals surface area contributed by atoms with Gasteiger partial charge >= 0.3 is 0 Å². The number of para-hydroxylation sites is 2. The monoisotopic (exact) mass is 260 g/mol. The van der Waals surface area contributed by atoms with Crippen LogP contribution in [-0.4, -0.2) is 20.1 Å². The van der Waals surface area contributed by atoms with Gasteiger partial charge in [0, 0.05) is 20.1 Å². The largest absolute Gasteiger partial charge is 0.381 e. The second-order valence-electron chi connectivity index (χ2n) is 6.85. The summed E-state index contributed by atoms with van der Waals surface area (Å²) in [5, 5.41) is 3.77. The summed E-state index contributed by atoms with van der Waals surface area (Å²) in [6.45, 7) is 4.81. The molecule has 0 bridgehead atoms. The molecule has 0 aromatic heterocycles. The third-order valence-electron chi connectivity index (χ3n) is 4.32. The van der Waals surface area contributed by atoms with E-state index in [-0.39, 0.29) is 0 Å². The molecule has 1 aromatic carbocycles. The van der Waals surface area contributed by atoms with E-state index in [0.717, 1.165) is 0 Å². The molecule has 0 radical (unpaired) electrons. The highest BCUT2D eigenvalue weighted by atomic mass is 15.1. The maximum Gasteiger partial charge on any atom is 0.0596 e. The van der Waals surface area contributed by atoms with E-state index < -0.39 is 0 Å². The van der Waals surface area contributed by atoms with Crippen LogP contribution in [-0.2, 0) is 0 Å². The second kappa shape index (κ2) is 5.85. The predicted octanol–water partition coefficient (Wildman–Crippen LogP) is 4.52. The second-order valence-corrected chi connectivity index (χ2v) is 6.85. The van der Waals surface area contributed by atoms with Gasteiger partial charge in [0.1, 0.15) is 0 Å². The minimum absolute atomic E-state index is 0.525. The predicted molar refractivity (Wildman–Crippen MR) is 85.0 cm³/mol. The summed E-state index contributed by atoms with van der Waals surface area (Å²) in [6.07, 6.45) is 6.62. The van der Waals surface area contributed by atoms with Crippen LogP contribution in [0.5, 0.6) is 0 Å². The van der Waals surface area contributed by atoms with Gasteiger partial charge in [0.05, 0.1) is 11.4 Å². The lowest BCUT2D eigenvalue weighted by molar-refractivity contribution is 0.313. The lowest BCUT2D eigenvalue weighted by atomic mass is 9.85. The van der Waals surface area contributed by atoms with Crippen molar-refractivity contribution in [2.75, 3.05) is 24.3 Å². The van der Waals surface area contributed by atoms with Gasteiger partial charge < -0.3 is 10.2 Å². The van der Waals surface area contributed by atoms with Crippen molar-refractivity contribution in [3.63, 3.8) is 0 Å². The number of anilines is 2. The van der Waals surface area contributed by atoms with Crippen molar-refractivity contribution in [1.82, 2.24) is 0 Å². The Morgan fingerprint density at radius 3 is 2.58 bits per heavy atom. The molecule has 2 nitrogen and oxygen atoms in total. The Morgan fingerprint density at radius 1 is 1.11 bits per heavy atom. The Labute approximate surface area is 118 Å². The summed E-state index contributed by atoms with van der Waals surface area (Å²) in [6, 6.07) is 9.24. The third kappa shape index (κ3) is 3.89. The van der Waals surface area contributed by atoms with Crippen LogP contribution >= 0.6 is 0 Å². The van der Waals surface area contributed by atoms with Crippen LogP contribution in [0.15, 0.2) is 24.3 Å². The van der Waals surface area contributed by atoms with Gasteiger partial charge in [-0.05, 0) is 43.2 Å². The molecule has 2 heteroatoms. The number of hydrogen-bond acceptors (Lipinski definition) is 2. The molecule has 1 aromatic rings. The first-order chi connectivity index (χ1) is 8.98. The zero-order valence-corrected chi connectivity index (χ0v) is 12.9. The van der Waals surface area contributed by atoms with Crippen LogP contribution in [0.1, 0.15) is 46.0 Å². The summed E-state index contributed by atoms with van der Waals surface area (Å²) in [7, 11) is 4.22. The van der Waals surface area contributed by atoms with E-state index in [9.17, 15) is 0 Å². The van der Waals surface area contributed by atoms with Crippen LogP contribution in [0.3, 0.4) is 0 Å². The van der Waals surface area contributed by atoms with Crippen molar-refractivity contribution < 1.29 is 0 Å². The Kier molecular flexibility index (Phi) is 4.38. The van der Waals surface area contributed by atoms with Crippen molar-refractivity contribution in [3.05, 3.63) is 24.3 Å². The summed E-state index contributed by atoms with van der Waals surface area (Å²) in [5.41, 5.74) is 3.08. The fourth-order valence-corrected chi connectivity index (χ4v) is 3.01. The molecular formula is C17H28N2. The first-order valence-corrected chi connectivity index (χ1v) is 7.51. The van der Waals surface area contributed by atoms with Crippen LogP contribution in [0.2, 0.25) is 0 Å². The van der Waals surface area contributed by atoms with Gasteiger partial charge in [0.2, 0.25) is 0 Å². The number of benzene rings is 1. The molecule has 1 fully saturated rings. The molecule has 0 spiro atoms. The first kappa shape index (κ1) is 14.2. The Morgan fingerprint density at radius 2 is 1.84 bits per heavy atom. The minimum atomic E-state index is 0.525. The maximum atomic E-state index is 3.77. The van der Waals surface area contributed by atoms with Crippen LogP contribution < -0.4 is 10.2 Å². The molecule has 1 aliphatic rings. The average molecular weight is 260 g/mol. The zero-order chi connectivity index (χ0) is 13.9. The van der Waals surface area contributed by atoms with Crippen LogP contribution in [0.4, 0.5) is 11.4 Å². The number of nitrogens with zero attached hydrogens (tertiary/aromatic N) is 1. The Bertz CT molecular complexity index is 409. The SMILES string of the molecule is CN(C)c1ccccc1NC1CCCC(C)(C)CC1. The Balaban J connectivity index is 2.05. The van der Waals surface area contributed by atoms with Crippen molar-refractivity contribution in [2.45, 2.75) is 52.0 Å². The normalized spacial score (nSPS) is 22.6. The molecule has 2 rings (SSSR count). The van der Waals surface area contributed by atoms with Crippen LogP contribution in [0, 0.1) is 5.41 Å². The number of nitrogens with one attached hydrogen (secondary N) is 1. The highest BCUT2D eigenvalue weighted by molar-refractivity contribution is 5.69. The molecule has 0 amide bonds. The summed E-state index contributed by atoms with van der Waals surface area (Å²) < 4.78 is 0. The summed E-state index contributed by atoms with van der Waals surface area (Å²) >= 11 is 0. The van der Waals surface area contributed by atoms with E-state index in [2.05, 4.69) is 62.4 Å². The van der Waals surface area contributed by atoms with E-state index in [0.29, 0.717) is 11.5 Å². The van der Waals surface area contributed by atoms with E-state index in [1.807, 2.05) is 0 Å².